The SMILES string of the molecule is Cc1ccc(OC(=O)C(C(=O)N[C@@H]2C(=O)N3[C@@H]2SC(C)(C)[C@@H]3C(=O)O)c2ccsc2)cc1.[H-].[Na+]. The molecule has 2 aromatic rings. The maximum atomic E-state index is 13.1. The summed E-state index contributed by atoms with van der Waals surface area (Å²) in [5.74, 6) is -3.89. The van der Waals surface area contributed by atoms with Crippen LogP contribution in [0.2, 0.25) is 0 Å². The number of hydrogen-bond acceptors (Lipinski definition) is 7. The molecule has 170 valence electrons. The Morgan fingerprint density at radius 1 is 1.21 bits per heavy atom. The van der Waals surface area contributed by atoms with Gasteiger partial charge < -0.3 is 21.5 Å². The number of carboxylic acid groups (broad SMARTS) is 1. The van der Waals surface area contributed by atoms with Gasteiger partial charge >= 0.3 is 41.5 Å². The Morgan fingerprint density at radius 3 is 2.45 bits per heavy atom. The topological polar surface area (TPSA) is 113 Å². The van der Waals surface area contributed by atoms with Gasteiger partial charge in [-0.1, -0.05) is 17.7 Å². The van der Waals surface area contributed by atoms with Crippen LogP contribution >= 0.6 is 23.1 Å². The molecular weight excluding hydrogens is 475 g/mol. The Bertz CT molecular complexity index is 1080. The molecule has 33 heavy (non-hydrogen) atoms. The minimum absolute atomic E-state index is 0. The van der Waals surface area contributed by atoms with E-state index in [0.29, 0.717) is 11.3 Å². The van der Waals surface area contributed by atoms with Crippen LogP contribution in [0.3, 0.4) is 0 Å². The average molecular weight is 499 g/mol. The van der Waals surface area contributed by atoms with E-state index in [-0.39, 0.29) is 31.0 Å². The summed E-state index contributed by atoms with van der Waals surface area (Å²) in [4.78, 5) is 51.7. The zero-order chi connectivity index (χ0) is 23.2. The molecule has 1 unspecified atom stereocenters. The van der Waals surface area contributed by atoms with Crippen molar-refractivity contribution in [3.63, 3.8) is 0 Å². The number of carboxylic acids is 1. The minimum Gasteiger partial charge on any atom is -1.00 e. The fourth-order valence-electron chi connectivity index (χ4n) is 4.00. The molecule has 2 aliphatic heterocycles. The second kappa shape index (κ2) is 9.79. The van der Waals surface area contributed by atoms with Gasteiger partial charge in [-0.15, -0.1) is 11.8 Å². The molecule has 4 atom stereocenters. The van der Waals surface area contributed by atoms with E-state index in [2.05, 4.69) is 5.32 Å². The third kappa shape index (κ3) is 4.85. The molecule has 0 aliphatic carbocycles. The second-order valence-corrected chi connectivity index (χ2v) is 10.9. The molecule has 0 spiro atoms. The van der Waals surface area contributed by atoms with E-state index in [1.165, 1.54) is 28.0 Å². The molecule has 2 amide bonds. The second-order valence-electron chi connectivity index (χ2n) is 8.31. The summed E-state index contributed by atoms with van der Waals surface area (Å²) in [7, 11) is 0. The molecule has 2 N–H and O–H groups in total. The molecule has 3 heterocycles. The first kappa shape index (κ1) is 25.8. The van der Waals surface area contributed by atoms with E-state index in [0.717, 1.165) is 5.56 Å². The number of aryl methyl sites for hydroxylation is 1. The fourth-order valence-corrected chi connectivity index (χ4v) is 6.31. The smallest absolute Gasteiger partial charge is 1.00 e. The van der Waals surface area contributed by atoms with Crippen molar-refractivity contribution < 1.29 is 60.0 Å². The normalized spacial score (nSPS) is 23.5. The van der Waals surface area contributed by atoms with Crippen LogP contribution in [0.1, 0.15) is 32.3 Å². The summed E-state index contributed by atoms with van der Waals surface area (Å²) in [5, 5.41) is 15.1. The van der Waals surface area contributed by atoms with Crippen LogP contribution in [-0.4, -0.2) is 56.0 Å². The number of benzene rings is 1. The van der Waals surface area contributed by atoms with Gasteiger partial charge in [-0.3, -0.25) is 14.4 Å². The fraction of sp³-hybridized carbons (Fsp3) is 0.364. The zero-order valence-electron chi connectivity index (χ0n) is 19.6. The number of hydrogen-bond donors (Lipinski definition) is 2. The van der Waals surface area contributed by atoms with Crippen molar-refractivity contribution in [3.05, 3.63) is 52.2 Å². The van der Waals surface area contributed by atoms with Gasteiger partial charge in [0.25, 0.3) is 0 Å². The summed E-state index contributed by atoms with van der Waals surface area (Å²) < 4.78 is 4.73. The maximum Gasteiger partial charge on any atom is 1.00 e. The Balaban J connectivity index is 0.00000204. The van der Waals surface area contributed by atoms with Crippen LogP contribution in [-0.2, 0) is 19.2 Å². The predicted octanol–water partition coefficient (Wildman–Crippen LogP) is -0.506. The number of nitrogens with one attached hydrogen (secondary N) is 1. The zero-order valence-corrected chi connectivity index (χ0v) is 22.2. The van der Waals surface area contributed by atoms with Crippen LogP contribution in [0.25, 0.3) is 0 Å². The number of carbonyl (C=O) groups is 4. The first-order valence-corrected chi connectivity index (χ1v) is 11.8. The molecule has 4 rings (SSSR count). The standard InChI is InChI=1S/C22H22N2O6S2.Na.H/c1-11-4-6-13(7-5-11)30-21(29)14(12-8-9-31-10-12)17(25)23-15-18(26)24-16(20(27)28)22(2,3)32-19(15)24;;/h4-10,14-16,19H,1-3H3,(H,23,25)(H,27,28);;/q;+1;-1/t14?,15-,16+,19-;;/m1../s1. The van der Waals surface area contributed by atoms with Crippen LogP contribution in [0.4, 0.5) is 0 Å². The number of aliphatic carboxylic acids is 1. The molecule has 8 nitrogen and oxygen atoms in total. The van der Waals surface area contributed by atoms with Gasteiger partial charge in [-0.25, -0.2) is 4.79 Å². The van der Waals surface area contributed by atoms with Crippen molar-refractivity contribution >= 4 is 46.9 Å². The number of fused-ring (bicyclic) bond motifs is 1. The van der Waals surface area contributed by atoms with Gasteiger partial charge in [0, 0.05) is 4.75 Å². The van der Waals surface area contributed by atoms with Crippen molar-refractivity contribution in [1.29, 1.82) is 0 Å². The number of nitrogens with zero attached hydrogens (tertiary/aromatic N) is 1. The molecule has 0 radical (unpaired) electrons. The van der Waals surface area contributed by atoms with Gasteiger partial charge in [-0.2, -0.15) is 11.3 Å². The summed E-state index contributed by atoms with van der Waals surface area (Å²) >= 11 is 2.66. The minimum atomic E-state index is -1.25. The Morgan fingerprint density at radius 2 is 1.88 bits per heavy atom. The molecule has 1 aromatic carbocycles. The number of thioether (sulfide) groups is 1. The van der Waals surface area contributed by atoms with Gasteiger partial charge in [0.1, 0.15) is 23.2 Å². The molecule has 2 aliphatic rings. The van der Waals surface area contributed by atoms with E-state index < -0.39 is 51.9 Å². The predicted molar refractivity (Wildman–Crippen MR) is 121 cm³/mol. The number of amides is 2. The van der Waals surface area contributed by atoms with Crippen molar-refractivity contribution in [2.24, 2.45) is 0 Å². The number of carbonyl (C=O) groups excluding carboxylic acids is 3. The summed E-state index contributed by atoms with van der Waals surface area (Å²) in [6, 6.07) is 6.66. The van der Waals surface area contributed by atoms with Crippen LogP contribution in [0.5, 0.6) is 5.75 Å². The van der Waals surface area contributed by atoms with Crippen molar-refractivity contribution in [3.8, 4) is 5.75 Å². The summed E-state index contributed by atoms with van der Waals surface area (Å²) in [6.07, 6.45) is 0. The number of rotatable bonds is 6. The van der Waals surface area contributed by atoms with E-state index >= 15 is 0 Å². The first-order valence-electron chi connectivity index (χ1n) is 9.94. The van der Waals surface area contributed by atoms with Crippen molar-refractivity contribution in [2.45, 2.75) is 48.9 Å². The molecule has 0 bridgehead atoms. The van der Waals surface area contributed by atoms with Gasteiger partial charge in [0.2, 0.25) is 11.8 Å². The number of thiophene rings is 1. The Kier molecular flexibility index (Phi) is 7.65. The largest absolute Gasteiger partial charge is 1.00 e. The van der Waals surface area contributed by atoms with Crippen LogP contribution in [0.15, 0.2) is 41.1 Å². The number of β-lactam (4-membered cyclic amide) rings is 1. The molecular formula is C22H23N2NaO6S2. The summed E-state index contributed by atoms with van der Waals surface area (Å²) in [5.41, 5.74) is 1.47. The molecule has 2 fully saturated rings. The van der Waals surface area contributed by atoms with Gasteiger partial charge in [0.15, 0.2) is 5.92 Å². The van der Waals surface area contributed by atoms with E-state index in [1.807, 2.05) is 6.92 Å². The van der Waals surface area contributed by atoms with Gasteiger partial charge in [0.05, 0.1) is 0 Å². The van der Waals surface area contributed by atoms with Crippen molar-refractivity contribution in [2.75, 3.05) is 0 Å². The average Bonchev–Trinajstić information content (AvgIpc) is 3.32. The Hall–Kier alpha value is -1.85. The quantitative estimate of drug-likeness (QED) is 0.181. The van der Waals surface area contributed by atoms with Gasteiger partial charge in [-0.05, 0) is 55.3 Å². The monoisotopic (exact) mass is 498 g/mol. The maximum absolute atomic E-state index is 13.1. The van der Waals surface area contributed by atoms with Crippen LogP contribution in [0, 0.1) is 6.92 Å². The molecule has 0 saturated carbocycles. The van der Waals surface area contributed by atoms with Crippen LogP contribution < -0.4 is 39.6 Å². The Labute approximate surface area is 222 Å². The van der Waals surface area contributed by atoms with E-state index in [1.54, 1.807) is 54.9 Å². The molecule has 2 saturated heterocycles. The molecule has 1 aromatic heterocycles. The van der Waals surface area contributed by atoms with E-state index in [9.17, 15) is 24.3 Å². The number of ether oxygens (including phenoxy) is 1. The van der Waals surface area contributed by atoms with E-state index in [4.69, 9.17) is 4.74 Å². The third-order valence-electron chi connectivity index (χ3n) is 5.59. The number of esters is 1. The third-order valence-corrected chi connectivity index (χ3v) is 7.86. The molecule has 11 heteroatoms. The first-order chi connectivity index (χ1) is 15.1. The summed E-state index contributed by atoms with van der Waals surface area (Å²) in [6.45, 7) is 5.42. The van der Waals surface area contributed by atoms with Crippen molar-refractivity contribution in [1.82, 2.24) is 10.2 Å².